The predicted octanol–water partition coefficient (Wildman–Crippen LogP) is 1.15. The molecular formula is C11H15N7O2. The quantitative estimate of drug-likeness (QED) is 0.622. The Morgan fingerprint density at radius 2 is 2.25 bits per heavy atom. The van der Waals surface area contributed by atoms with Gasteiger partial charge in [-0.25, -0.2) is 9.97 Å². The first kappa shape index (κ1) is 13.8. The first-order chi connectivity index (χ1) is 9.58. The molecule has 0 bridgehead atoms. The zero-order chi connectivity index (χ0) is 14.5. The van der Waals surface area contributed by atoms with Crippen molar-refractivity contribution < 1.29 is 4.92 Å². The van der Waals surface area contributed by atoms with Gasteiger partial charge in [0.2, 0.25) is 6.33 Å². The van der Waals surface area contributed by atoms with Gasteiger partial charge in [0.25, 0.3) is 0 Å². The van der Waals surface area contributed by atoms with Gasteiger partial charge in [0.15, 0.2) is 5.82 Å². The molecule has 0 aromatic carbocycles. The predicted molar refractivity (Wildman–Crippen MR) is 71.3 cm³/mol. The first-order valence-electron chi connectivity index (χ1n) is 6.20. The molecule has 0 aliphatic rings. The van der Waals surface area contributed by atoms with Gasteiger partial charge in [-0.2, -0.15) is 4.68 Å². The Balaban J connectivity index is 2.15. The maximum absolute atomic E-state index is 10.5. The van der Waals surface area contributed by atoms with E-state index in [1.807, 2.05) is 13.0 Å². The summed E-state index contributed by atoms with van der Waals surface area (Å²) in [5.74, 6) is 0.842. The molecule has 9 heteroatoms. The molecule has 0 unspecified atom stereocenters. The third-order valence-corrected chi connectivity index (χ3v) is 2.45. The van der Waals surface area contributed by atoms with Crippen LogP contribution in [0.25, 0.3) is 0 Å². The van der Waals surface area contributed by atoms with Crippen LogP contribution in [0.3, 0.4) is 0 Å². The molecule has 20 heavy (non-hydrogen) atoms. The summed E-state index contributed by atoms with van der Waals surface area (Å²) in [6.45, 7) is 5.00. The highest BCUT2D eigenvalue weighted by Crippen LogP contribution is 2.08. The molecule has 0 radical (unpaired) electrons. The van der Waals surface area contributed by atoms with Gasteiger partial charge in [0.05, 0.1) is 0 Å². The average Bonchev–Trinajstić information content (AvgIpc) is 2.84. The first-order valence-corrected chi connectivity index (χ1v) is 6.20. The highest BCUT2D eigenvalue weighted by molar-refractivity contribution is 5.35. The molecule has 2 aromatic heterocycles. The monoisotopic (exact) mass is 277 g/mol. The lowest BCUT2D eigenvalue weighted by Crippen LogP contribution is -2.10. The third-order valence-electron chi connectivity index (χ3n) is 2.45. The van der Waals surface area contributed by atoms with Crippen molar-refractivity contribution >= 4 is 11.8 Å². The standard InChI is InChI=1S/C11H15N7O2/c1-3-4-12-9-5-8(2)14-10(15-9)6-17-7-13-11(16-17)18(19)20/h5,7H,3-4,6H2,1-2H3,(H,12,14,15). The van der Waals surface area contributed by atoms with Gasteiger partial charge in [-0.3, -0.25) is 0 Å². The molecule has 0 spiro atoms. The van der Waals surface area contributed by atoms with Crippen LogP contribution in [0.1, 0.15) is 24.9 Å². The van der Waals surface area contributed by atoms with E-state index in [0.29, 0.717) is 5.82 Å². The van der Waals surface area contributed by atoms with Crippen molar-refractivity contribution in [2.24, 2.45) is 0 Å². The molecule has 1 N–H and O–H groups in total. The van der Waals surface area contributed by atoms with Crippen molar-refractivity contribution in [1.82, 2.24) is 24.7 Å². The van der Waals surface area contributed by atoms with Gasteiger partial charge in [0, 0.05) is 23.4 Å². The van der Waals surface area contributed by atoms with E-state index >= 15 is 0 Å². The smallest absolute Gasteiger partial charge is 0.390 e. The zero-order valence-electron chi connectivity index (χ0n) is 11.3. The van der Waals surface area contributed by atoms with Gasteiger partial charge < -0.3 is 15.4 Å². The molecule has 0 aliphatic heterocycles. The van der Waals surface area contributed by atoms with Crippen molar-refractivity contribution in [1.29, 1.82) is 0 Å². The van der Waals surface area contributed by atoms with Gasteiger partial charge in [-0.1, -0.05) is 11.9 Å². The summed E-state index contributed by atoms with van der Waals surface area (Å²) in [4.78, 5) is 22.1. The molecule has 2 heterocycles. The van der Waals surface area contributed by atoms with Crippen molar-refractivity contribution in [3.63, 3.8) is 0 Å². The van der Waals surface area contributed by atoms with Gasteiger partial charge in [0.1, 0.15) is 12.4 Å². The summed E-state index contributed by atoms with van der Waals surface area (Å²) in [7, 11) is 0. The SMILES string of the molecule is CCCNc1cc(C)nc(Cn2cnc([N+](=O)[O-])n2)n1. The van der Waals surface area contributed by atoms with E-state index in [1.54, 1.807) is 0 Å². The Labute approximate surface area is 115 Å². The zero-order valence-corrected chi connectivity index (χ0v) is 11.3. The maximum atomic E-state index is 10.5. The minimum Gasteiger partial charge on any atom is -0.390 e. The highest BCUT2D eigenvalue weighted by atomic mass is 16.6. The molecule has 0 atom stereocenters. The van der Waals surface area contributed by atoms with Gasteiger partial charge in [-0.05, 0) is 18.3 Å². The molecule has 106 valence electrons. The maximum Gasteiger partial charge on any atom is 0.490 e. The van der Waals surface area contributed by atoms with Crippen LogP contribution in [0.4, 0.5) is 11.8 Å². The second-order valence-electron chi connectivity index (χ2n) is 4.24. The number of nitrogens with one attached hydrogen (secondary N) is 1. The Hall–Kier alpha value is -2.58. The van der Waals surface area contributed by atoms with Crippen LogP contribution in [0, 0.1) is 17.0 Å². The summed E-state index contributed by atoms with van der Waals surface area (Å²) in [6.07, 6.45) is 2.29. The van der Waals surface area contributed by atoms with Crippen molar-refractivity contribution in [3.8, 4) is 0 Å². The summed E-state index contributed by atoms with van der Waals surface area (Å²) in [6, 6.07) is 1.85. The molecule has 0 amide bonds. The van der Waals surface area contributed by atoms with E-state index in [2.05, 4.69) is 32.3 Å². The van der Waals surface area contributed by atoms with Crippen molar-refractivity contribution in [3.05, 3.63) is 34.0 Å². The molecule has 2 aromatic rings. The highest BCUT2D eigenvalue weighted by Gasteiger charge is 2.14. The molecule has 0 aliphatic carbocycles. The Bertz CT molecular complexity index is 611. The fourth-order valence-corrected chi connectivity index (χ4v) is 1.63. The van der Waals surface area contributed by atoms with Crippen LogP contribution in [-0.2, 0) is 6.54 Å². The van der Waals surface area contributed by atoms with Crippen molar-refractivity contribution in [2.45, 2.75) is 26.8 Å². The minimum absolute atomic E-state index is 0.239. The number of aryl methyl sites for hydroxylation is 1. The van der Waals surface area contributed by atoms with Crippen LogP contribution >= 0.6 is 0 Å². The number of rotatable bonds is 6. The van der Waals surface area contributed by atoms with Crippen LogP contribution in [0.2, 0.25) is 0 Å². The summed E-state index contributed by atoms with van der Waals surface area (Å²) < 4.78 is 1.34. The van der Waals surface area contributed by atoms with E-state index in [4.69, 9.17) is 0 Å². The van der Waals surface area contributed by atoms with Gasteiger partial charge in [-0.15, -0.1) is 0 Å². The number of nitrogens with zero attached hydrogens (tertiary/aromatic N) is 6. The van der Waals surface area contributed by atoms with E-state index in [1.165, 1.54) is 11.0 Å². The normalized spacial score (nSPS) is 10.5. The van der Waals surface area contributed by atoms with E-state index in [0.717, 1.165) is 24.5 Å². The van der Waals surface area contributed by atoms with Gasteiger partial charge >= 0.3 is 5.95 Å². The van der Waals surface area contributed by atoms with Crippen LogP contribution in [0.5, 0.6) is 0 Å². The molecule has 0 saturated heterocycles. The topological polar surface area (TPSA) is 112 Å². The number of hydrogen-bond donors (Lipinski definition) is 1. The minimum atomic E-state index is -0.637. The second-order valence-corrected chi connectivity index (χ2v) is 4.24. The van der Waals surface area contributed by atoms with Crippen molar-refractivity contribution in [2.75, 3.05) is 11.9 Å². The molecular weight excluding hydrogens is 262 g/mol. The average molecular weight is 277 g/mol. The number of hydrogen-bond acceptors (Lipinski definition) is 7. The summed E-state index contributed by atoms with van der Waals surface area (Å²) in [5, 5.41) is 17.4. The molecule has 2 rings (SSSR count). The van der Waals surface area contributed by atoms with E-state index in [9.17, 15) is 10.1 Å². The molecule has 9 nitrogen and oxygen atoms in total. The van der Waals surface area contributed by atoms with Crippen LogP contribution in [-0.4, -0.2) is 36.2 Å². The Morgan fingerprint density at radius 1 is 1.45 bits per heavy atom. The molecule has 0 fully saturated rings. The second kappa shape index (κ2) is 6.04. The fourth-order valence-electron chi connectivity index (χ4n) is 1.63. The number of anilines is 1. The van der Waals surface area contributed by atoms with E-state index in [-0.39, 0.29) is 6.54 Å². The molecule has 0 saturated carbocycles. The van der Waals surface area contributed by atoms with Crippen LogP contribution < -0.4 is 5.32 Å². The third kappa shape index (κ3) is 3.46. The lowest BCUT2D eigenvalue weighted by molar-refractivity contribution is -0.394. The summed E-state index contributed by atoms with van der Waals surface area (Å²) >= 11 is 0. The fraction of sp³-hybridized carbons (Fsp3) is 0.455. The largest absolute Gasteiger partial charge is 0.490 e. The van der Waals surface area contributed by atoms with E-state index < -0.39 is 10.9 Å². The lowest BCUT2D eigenvalue weighted by Gasteiger charge is -2.06. The Kier molecular flexibility index (Phi) is 4.18. The van der Waals surface area contributed by atoms with Crippen LogP contribution in [0.15, 0.2) is 12.4 Å². The number of aromatic nitrogens is 5. The lowest BCUT2D eigenvalue weighted by atomic mass is 10.4. The summed E-state index contributed by atoms with van der Waals surface area (Å²) in [5.41, 5.74) is 0.822. The Morgan fingerprint density at radius 3 is 2.90 bits per heavy atom. The number of nitro groups is 1.